The molecule has 6 nitrogen and oxygen atoms in total. The Kier molecular flexibility index (Phi) is 7.63. The molecular formula is C10H21O6P. The summed E-state index contributed by atoms with van der Waals surface area (Å²) in [5, 5.41) is 17.9. The Morgan fingerprint density at radius 1 is 1.29 bits per heavy atom. The minimum atomic E-state index is -3.50. The summed E-state index contributed by atoms with van der Waals surface area (Å²) in [7, 11) is -3.50. The van der Waals surface area contributed by atoms with E-state index in [0.29, 0.717) is 0 Å². The molecule has 0 saturated carbocycles. The number of carboxylic acids is 1. The van der Waals surface area contributed by atoms with Gasteiger partial charge in [0.25, 0.3) is 0 Å². The smallest absolute Gasteiger partial charge is 0.334 e. The van der Waals surface area contributed by atoms with Gasteiger partial charge in [-0.1, -0.05) is 6.92 Å². The molecule has 0 amide bonds. The molecule has 0 aromatic heterocycles. The number of aliphatic hydroxyl groups excluding tert-OH is 1. The maximum atomic E-state index is 12.4. The van der Waals surface area contributed by atoms with Crippen LogP contribution in [0.4, 0.5) is 0 Å². The van der Waals surface area contributed by atoms with Gasteiger partial charge in [-0.2, -0.15) is 0 Å². The highest BCUT2D eigenvalue weighted by molar-refractivity contribution is 7.54. The molecule has 0 aliphatic heterocycles. The molecule has 2 atom stereocenters. The van der Waals surface area contributed by atoms with Crippen molar-refractivity contribution in [2.24, 2.45) is 5.92 Å². The highest BCUT2D eigenvalue weighted by Gasteiger charge is 2.41. The predicted octanol–water partition coefficient (Wildman–Crippen LogP) is 1.72. The molecule has 0 spiro atoms. The average molecular weight is 268 g/mol. The fraction of sp³-hybridized carbons (Fsp3) is 0.900. The minimum absolute atomic E-state index is 0.0742. The number of carboxylic acid groups (broad SMARTS) is 1. The van der Waals surface area contributed by atoms with Gasteiger partial charge in [0, 0.05) is 6.61 Å². The van der Waals surface area contributed by atoms with E-state index in [2.05, 4.69) is 0 Å². The van der Waals surface area contributed by atoms with Crippen LogP contribution in [-0.2, 0) is 18.4 Å². The Labute approximate surface area is 101 Å². The quantitative estimate of drug-likeness (QED) is 0.618. The SMILES string of the molecule is CCOP(=O)(OCC)C(CCO)C(C)C(=O)O. The Morgan fingerprint density at radius 3 is 2.06 bits per heavy atom. The van der Waals surface area contributed by atoms with Crippen molar-refractivity contribution in [3.05, 3.63) is 0 Å². The Hall–Kier alpha value is -0.420. The topological polar surface area (TPSA) is 93.1 Å². The molecule has 7 heteroatoms. The van der Waals surface area contributed by atoms with Gasteiger partial charge in [-0.3, -0.25) is 9.36 Å². The van der Waals surface area contributed by atoms with E-state index in [9.17, 15) is 9.36 Å². The number of hydrogen-bond donors (Lipinski definition) is 2. The van der Waals surface area contributed by atoms with E-state index in [-0.39, 0.29) is 26.2 Å². The van der Waals surface area contributed by atoms with Crippen LogP contribution in [-0.4, -0.2) is 41.7 Å². The first-order valence-electron chi connectivity index (χ1n) is 5.65. The van der Waals surface area contributed by atoms with Crippen molar-refractivity contribution in [1.82, 2.24) is 0 Å². The molecule has 2 unspecified atom stereocenters. The van der Waals surface area contributed by atoms with Crippen molar-refractivity contribution in [3.8, 4) is 0 Å². The lowest BCUT2D eigenvalue weighted by molar-refractivity contribution is -0.141. The van der Waals surface area contributed by atoms with E-state index in [0.717, 1.165) is 0 Å². The molecule has 0 aromatic carbocycles. The van der Waals surface area contributed by atoms with Crippen molar-refractivity contribution in [2.75, 3.05) is 19.8 Å². The maximum absolute atomic E-state index is 12.4. The zero-order chi connectivity index (χ0) is 13.5. The zero-order valence-electron chi connectivity index (χ0n) is 10.5. The van der Waals surface area contributed by atoms with E-state index in [1.54, 1.807) is 13.8 Å². The van der Waals surface area contributed by atoms with Gasteiger partial charge in [0.05, 0.1) is 24.8 Å². The molecule has 0 saturated heterocycles. The molecule has 0 fully saturated rings. The molecule has 0 heterocycles. The van der Waals surface area contributed by atoms with Gasteiger partial charge in [0.15, 0.2) is 0 Å². The summed E-state index contributed by atoms with van der Waals surface area (Å²) < 4.78 is 22.7. The Morgan fingerprint density at radius 2 is 1.76 bits per heavy atom. The summed E-state index contributed by atoms with van der Waals surface area (Å²) in [6, 6.07) is 0. The highest BCUT2D eigenvalue weighted by atomic mass is 31.2. The van der Waals surface area contributed by atoms with Crippen molar-refractivity contribution >= 4 is 13.6 Å². The number of hydrogen-bond acceptors (Lipinski definition) is 5. The summed E-state index contributed by atoms with van der Waals surface area (Å²) >= 11 is 0. The van der Waals surface area contributed by atoms with Gasteiger partial charge in [-0.05, 0) is 20.3 Å². The van der Waals surface area contributed by atoms with Crippen molar-refractivity contribution in [1.29, 1.82) is 0 Å². The third-order valence-electron chi connectivity index (χ3n) is 2.42. The van der Waals surface area contributed by atoms with Gasteiger partial charge in [-0.15, -0.1) is 0 Å². The van der Waals surface area contributed by atoms with Crippen LogP contribution < -0.4 is 0 Å². The molecular weight excluding hydrogens is 247 g/mol. The number of rotatable bonds is 9. The molecule has 0 radical (unpaired) electrons. The molecule has 102 valence electrons. The van der Waals surface area contributed by atoms with Gasteiger partial charge in [0.1, 0.15) is 0 Å². The largest absolute Gasteiger partial charge is 0.481 e. The van der Waals surface area contributed by atoms with Crippen LogP contribution in [0.15, 0.2) is 0 Å². The zero-order valence-corrected chi connectivity index (χ0v) is 11.4. The van der Waals surface area contributed by atoms with Gasteiger partial charge in [0.2, 0.25) is 0 Å². The molecule has 0 rings (SSSR count). The lowest BCUT2D eigenvalue weighted by atomic mass is 10.1. The maximum Gasteiger partial charge on any atom is 0.334 e. The van der Waals surface area contributed by atoms with Gasteiger partial charge < -0.3 is 19.3 Å². The number of carbonyl (C=O) groups is 1. The van der Waals surface area contributed by atoms with Crippen LogP contribution in [0, 0.1) is 5.92 Å². The summed E-state index contributed by atoms with van der Waals surface area (Å²) in [4.78, 5) is 11.0. The summed E-state index contributed by atoms with van der Waals surface area (Å²) in [6.07, 6.45) is 0.0742. The molecule has 17 heavy (non-hydrogen) atoms. The van der Waals surface area contributed by atoms with Crippen LogP contribution in [0.1, 0.15) is 27.2 Å². The highest BCUT2D eigenvalue weighted by Crippen LogP contribution is 2.56. The monoisotopic (exact) mass is 268 g/mol. The second-order valence-electron chi connectivity index (χ2n) is 3.58. The summed E-state index contributed by atoms with van der Waals surface area (Å²) in [6.45, 7) is 4.84. The van der Waals surface area contributed by atoms with Gasteiger partial charge in [-0.25, -0.2) is 0 Å². The Bertz CT molecular complexity index is 270. The third-order valence-corrected chi connectivity index (χ3v) is 5.17. The predicted molar refractivity (Wildman–Crippen MR) is 63.1 cm³/mol. The number of aliphatic hydroxyl groups is 1. The van der Waals surface area contributed by atoms with Crippen molar-refractivity contribution < 1.29 is 28.6 Å². The molecule has 0 aliphatic rings. The fourth-order valence-electron chi connectivity index (χ4n) is 1.57. The van der Waals surface area contributed by atoms with Gasteiger partial charge >= 0.3 is 13.6 Å². The van der Waals surface area contributed by atoms with E-state index in [4.69, 9.17) is 19.3 Å². The fourth-order valence-corrected chi connectivity index (χ4v) is 3.85. The first-order chi connectivity index (χ1) is 7.92. The normalized spacial score (nSPS) is 15.5. The lowest BCUT2D eigenvalue weighted by Crippen LogP contribution is -2.28. The standard InChI is InChI=1S/C10H21O6P/c1-4-15-17(14,16-5-2)9(6-7-11)8(3)10(12)13/h8-9,11H,4-7H2,1-3H3,(H,12,13). The minimum Gasteiger partial charge on any atom is -0.481 e. The van der Waals surface area contributed by atoms with Crippen molar-refractivity contribution in [2.45, 2.75) is 32.9 Å². The third kappa shape index (κ3) is 4.76. The lowest BCUT2D eigenvalue weighted by Gasteiger charge is -2.28. The van der Waals surface area contributed by atoms with Crippen LogP contribution in [0.3, 0.4) is 0 Å². The van der Waals surface area contributed by atoms with E-state index >= 15 is 0 Å². The van der Waals surface area contributed by atoms with Crippen LogP contribution >= 0.6 is 7.60 Å². The average Bonchev–Trinajstić information content (AvgIpc) is 2.25. The van der Waals surface area contributed by atoms with E-state index < -0.39 is 25.1 Å². The van der Waals surface area contributed by atoms with E-state index in [1.165, 1.54) is 6.92 Å². The Balaban J connectivity index is 5.07. The first-order valence-corrected chi connectivity index (χ1v) is 7.26. The van der Waals surface area contributed by atoms with Crippen molar-refractivity contribution in [3.63, 3.8) is 0 Å². The van der Waals surface area contributed by atoms with Crippen LogP contribution in [0.5, 0.6) is 0 Å². The second-order valence-corrected chi connectivity index (χ2v) is 5.84. The first kappa shape index (κ1) is 16.6. The molecule has 0 aromatic rings. The van der Waals surface area contributed by atoms with E-state index in [1.807, 2.05) is 0 Å². The molecule has 0 bridgehead atoms. The van der Waals surface area contributed by atoms with Crippen LogP contribution in [0.25, 0.3) is 0 Å². The summed E-state index contributed by atoms with van der Waals surface area (Å²) in [5.74, 6) is -1.98. The number of aliphatic carboxylic acids is 1. The molecule has 0 aliphatic carbocycles. The van der Waals surface area contributed by atoms with Crippen LogP contribution in [0.2, 0.25) is 0 Å². The second kappa shape index (κ2) is 7.82. The summed E-state index contributed by atoms with van der Waals surface area (Å²) in [5.41, 5.74) is -0.829. The molecule has 2 N–H and O–H groups in total.